The Morgan fingerprint density at radius 1 is 0.810 bits per heavy atom. The fourth-order valence-corrected chi connectivity index (χ4v) is 2.22. The van der Waals surface area contributed by atoms with Gasteiger partial charge in [0.05, 0.1) is 11.2 Å². The van der Waals surface area contributed by atoms with Crippen LogP contribution in [0.5, 0.6) is 0 Å². The zero-order valence-corrected chi connectivity index (χ0v) is 15.0. The summed E-state index contributed by atoms with van der Waals surface area (Å²) < 4.78 is 6.39. The van der Waals surface area contributed by atoms with Crippen LogP contribution in [0.1, 0.15) is 67.2 Å². The number of hydrogen-bond acceptors (Lipinski definition) is 1. The Balaban J connectivity index is 4.78. The third kappa shape index (κ3) is 8.72. The molecule has 0 aromatic rings. The fourth-order valence-electron chi connectivity index (χ4n) is 2.22. The van der Waals surface area contributed by atoms with Gasteiger partial charge < -0.3 is 4.74 Å². The van der Waals surface area contributed by atoms with Gasteiger partial charge in [0.1, 0.15) is 0 Å². The van der Waals surface area contributed by atoms with Crippen LogP contribution < -0.4 is 0 Å². The summed E-state index contributed by atoms with van der Waals surface area (Å²) in [6, 6.07) is 0. The largest absolute Gasteiger partial charge is 0.361 e. The second kappa shape index (κ2) is 9.04. The molecule has 0 amide bonds. The van der Waals surface area contributed by atoms with E-state index >= 15 is 0 Å². The molecule has 0 rings (SSSR count). The Morgan fingerprint density at radius 2 is 1.14 bits per heavy atom. The number of allylic oxidation sites excluding steroid dienone is 4. The summed E-state index contributed by atoms with van der Waals surface area (Å²) in [4.78, 5) is 0. The molecule has 0 aromatic carbocycles. The maximum absolute atomic E-state index is 6.39. The summed E-state index contributed by atoms with van der Waals surface area (Å²) in [5.41, 5.74) is 2.05. The molecule has 120 valence electrons. The Labute approximate surface area is 132 Å². The van der Waals surface area contributed by atoms with E-state index in [1.54, 1.807) is 0 Å². The summed E-state index contributed by atoms with van der Waals surface area (Å²) in [6.45, 7) is 20.7. The van der Waals surface area contributed by atoms with E-state index in [-0.39, 0.29) is 11.2 Å². The number of hydrogen-bond donors (Lipinski definition) is 0. The van der Waals surface area contributed by atoms with Crippen LogP contribution in [0.15, 0.2) is 48.6 Å². The topological polar surface area (TPSA) is 9.23 Å². The van der Waals surface area contributed by atoms with Crippen molar-refractivity contribution in [1.29, 1.82) is 0 Å². The molecule has 1 nitrogen and oxygen atoms in total. The molecule has 0 aliphatic carbocycles. The third-order valence-electron chi connectivity index (χ3n) is 3.72. The van der Waals surface area contributed by atoms with Gasteiger partial charge in [0.15, 0.2) is 0 Å². The van der Waals surface area contributed by atoms with Crippen molar-refractivity contribution in [3.63, 3.8) is 0 Å². The van der Waals surface area contributed by atoms with Crippen molar-refractivity contribution in [3.05, 3.63) is 48.6 Å². The summed E-state index contributed by atoms with van der Waals surface area (Å²) in [6.07, 6.45) is 12.2. The summed E-state index contributed by atoms with van der Waals surface area (Å²) >= 11 is 0. The monoisotopic (exact) mass is 290 g/mol. The molecule has 0 spiro atoms. The van der Waals surface area contributed by atoms with E-state index in [9.17, 15) is 0 Å². The maximum atomic E-state index is 6.39. The molecular weight excluding hydrogens is 256 g/mol. The molecule has 0 saturated carbocycles. The minimum Gasteiger partial charge on any atom is -0.361 e. The minimum absolute atomic E-state index is 0.320. The Kier molecular flexibility index (Phi) is 8.58. The van der Waals surface area contributed by atoms with Gasteiger partial charge in [-0.15, -0.1) is 13.2 Å². The lowest BCUT2D eigenvalue weighted by atomic mass is 9.94. The Morgan fingerprint density at radius 3 is 1.38 bits per heavy atom. The fraction of sp³-hybridized carbons (Fsp3) is 0.600. The van der Waals surface area contributed by atoms with Gasteiger partial charge in [0.2, 0.25) is 0 Å². The van der Waals surface area contributed by atoms with E-state index < -0.39 is 0 Å². The normalized spacial score (nSPS) is 16.3. The highest BCUT2D eigenvalue weighted by Gasteiger charge is 2.31. The molecule has 0 aliphatic heterocycles. The first-order valence-electron chi connectivity index (χ1n) is 7.90. The summed E-state index contributed by atoms with van der Waals surface area (Å²) in [5, 5.41) is 0. The van der Waals surface area contributed by atoms with Crippen molar-refractivity contribution in [3.8, 4) is 0 Å². The average Bonchev–Trinajstić information content (AvgIpc) is 2.37. The molecule has 0 radical (unpaired) electrons. The van der Waals surface area contributed by atoms with Crippen LogP contribution in [0.2, 0.25) is 0 Å². The zero-order valence-electron chi connectivity index (χ0n) is 15.0. The smallest absolute Gasteiger partial charge is 0.0846 e. The molecule has 0 fully saturated rings. The van der Waals surface area contributed by atoms with Crippen LogP contribution >= 0.6 is 0 Å². The van der Waals surface area contributed by atoms with Crippen molar-refractivity contribution in [2.75, 3.05) is 0 Å². The van der Waals surface area contributed by atoms with Gasteiger partial charge in [-0.1, -0.05) is 35.5 Å². The van der Waals surface area contributed by atoms with E-state index in [1.807, 2.05) is 12.2 Å². The average molecular weight is 290 g/mol. The second-order valence-electron chi connectivity index (χ2n) is 6.78. The minimum atomic E-state index is -0.320. The van der Waals surface area contributed by atoms with Gasteiger partial charge in [-0.3, -0.25) is 0 Å². The highest BCUT2D eigenvalue weighted by molar-refractivity contribution is 5.05. The van der Waals surface area contributed by atoms with Crippen molar-refractivity contribution in [2.24, 2.45) is 0 Å². The molecule has 0 aromatic heterocycles. The molecule has 0 aliphatic rings. The number of rotatable bonds is 10. The second-order valence-corrected chi connectivity index (χ2v) is 6.78. The van der Waals surface area contributed by atoms with Gasteiger partial charge in [-0.2, -0.15) is 0 Å². The summed E-state index contributed by atoms with van der Waals surface area (Å²) in [7, 11) is 0. The standard InChI is InChI=1S/C20H34O/c1-9-19(7,15-11-13-17(3)4)21-20(8,10-2)16-12-14-18(5)6/h9-10,13-14H,1-2,11-12,15-16H2,3-8H3. The Bertz CT molecular complexity index is 356. The molecule has 0 bridgehead atoms. The lowest BCUT2D eigenvalue weighted by Gasteiger charge is -2.37. The molecule has 0 saturated heterocycles. The first kappa shape index (κ1) is 19.9. The Hall–Kier alpha value is -1.08. The lowest BCUT2D eigenvalue weighted by Crippen LogP contribution is -2.38. The first-order chi connectivity index (χ1) is 9.66. The maximum Gasteiger partial charge on any atom is 0.0846 e. The highest BCUT2D eigenvalue weighted by atomic mass is 16.5. The van der Waals surface area contributed by atoms with Crippen LogP contribution in [0.3, 0.4) is 0 Å². The quantitative estimate of drug-likeness (QED) is 0.424. The van der Waals surface area contributed by atoms with Gasteiger partial charge in [-0.05, 0) is 67.2 Å². The summed E-state index contributed by atoms with van der Waals surface area (Å²) in [5.74, 6) is 0. The molecule has 2 atom stereocenters. The predicted octanol–water partition coefficient (Wildman–Crippen LogP) is 6.39. The third-order valence-corrected chi connectivity index (χ3v) is 3.72. The van der Waals surface area contributed by atoms with Crippen LogP contribution in [-0.4, -0.2) is 11.2 Å². The van der Waals surface area contributed by atoms with E-state index in [4.69, 9.17) is 4.74 Å². The van der Waals surface area contributed by atoms with Gasteiger partial charge in [0.25, 0.3) is 0 Å². The van der Waals surface area contributed by atoms with E-state index in [2.05, 4.69) is 66.9 Å². The molecule has 1 heteroatoms. The molecule has 0 heterocycles. The predicted molar refractivity (Wildman–Crippen MR) is 95.6 cm³/mol. The van der Waals surface area contributed by atoms with Crippen molar-refractivity contribution < 1.29 is 4.74 Å². The first-order valence-corrected chi connectivity index (χ1v) is 7.90. The molecule has 21 heavy (non-hydrogen) atoms. The molecular formula is C20H34O. The van der Waals surface area contributed by atoms with E-state index in [0.29, 0.717) is 0 Å². The van der Waals surface area contributed by atoms with Gasteiger partial charge in [-0.25, -0.2) is 0 Å². The van der Waals surface area contributed by atoms with Gasteiger partial charge in [0, 0.05) is 0 Å². The molecule has 0 N–H and O–H groups in total. The number of ether oxygens (including phenoxy) is 1. The van der Waals surface area contributed by atoms with Crippen LogP contribution in [-0.2, 0) is 4.74 Å². The van der Waals surface area contributed by atoms with Crippen molar-refractivity contribution in [1.82, 2.24) is 0 Å². The molecule has 2 unspecified atom stereocenters. The van der Waals surface area contributed by atoms with E-state index in [0.717, 1.165) is 25.7 Å². The van der Waals surface area contributed by atoms with Crippen LogP contribution in [0, 0.1) is 0 Å². The lowest BCUT2D eigenvalue weighted by molar-refractivity contribution is -0.0950. The zero-order chi connectivity index (χ0) is 16.5. The van der Waals surface area contributed by atoms with E-state index in [1.165, 1.54) is 11.1 Å². The van der Waals surface area contributed by atoms with Crippen LogP contribution in [0.4, 0.5) is 0 Å². The van der Waals surface area contributed by atoms with Crippen LogP contribution in [0.25, 0.3) is 0 Å². The highest BCUT2D eigenvalue weighted by Crippen LogP contribution is 2.30. The van der Waals surface area contributed by atoms with Crippen molar-refractivity contribution >= 4 is 0 Å². The van der Waals surface area contributed by atoms with Crippen molar-refractivity contribution in [2.45, 2.75) is 78.4 Å². The SMILES string of the molecule is C=CC(C)(CCC=C(C)C)OC(C)(C=C)CCC=C(C)C. The van der Waals surface area contributed by atoms with Gasteiger partial charge >= 0.3 is 0 Å².